The lowest BCUT2D eigenvalue weighted by Gasteiger charge is -2.26. The van der Waals surface area contributed by atoms with Gasteiger partial charge in [-0.25, -0.2) is 4.39 Å². The van der Waals surface area contributed by atoms with Crippen molar-refractivity contribution in [1.29, 1.82) is 0 Å². The van der Waals surface area contributed by atoms with Crippen molar-refractivity contribution in [1.82, 2.24) is 0 Å². The van der Waals surface area contributed by atoms with E-state index in [9.17, 15) is 9.18 Å². The molecule has 0 saturated heterocycles. The van der Waals surface area contributed by atoms with E-state index in [0.717, 1.165) is 10.4 Å². The molecule has 3 aromatic rings. The molecule has 0 bridgehead atoms. The number of amides is 1. The molecule has 0 aliphatic carbocycles. The molecule has 1 aromatic heterocycles. The van der Waals surface area contributed by atoms with E-state index in [1.54, 1.807) is 45.6 Å². The Morgan fingerprint density at radius 1 is 1.00 bits per heavy atom. The molecule has 0 radical (unpaired) electrons. The Morgan fingerprint density at radius 2 is 1.69 bits per heavy atom. The van der Waals surface area contributed by atoms with Gasteiger partial charge in [-0.3, -0.25) is 4.79 Å². The van der Waals surface area contributed by atoms with Gasteiger partial charge in [-0.05, 0) is 12.1 Å². The second-order valence-electron chi connectivity index (χ2n) is 6.62. The minimum Gasteiger partial charge on any atom is -0.496 e. The van der Waals surface area contributed by atoms with Crippen molar-refractivity contribution < 1.29 is 23.4 Å². The molecule has 5 nitrogen and oxygen atoms in total. The van der Waals surface area contributed by atoms with E-state index in [0.29, 0.717) is 34.1 Å². The van der Waals surface area contributed by atoms with Crippen LogP contribution in [-0.2, 0) is 4.79 Å². The molecule has 29 heavy (non-hydrogen) atoms. The number of methoxy groups -OCH3 is 3. The fourth-order valence-electron chi connectivity index (χ4n) is 3.68. The zero-order valence-corrected chi connectivity index (χ0v) is 17.1. The Morgan fingerprint density at radius 3 is 2.38 bits per heavy atom. The molecular weight excluding hydrogens is 393 g/mol. The number of benzene rings is 2. The van der Waals surface area contributed by atoms with Gasteiger partial charge in [0.05, 0.1) is 27.0 Å². The Kier molecular flexibility index (Phi) is 5.15. The Balaban J connectivity index is 1.87. The lowest BCUT2D eigenvalue weighted by atomic mass is 9.88. The first kappa shape index (κ1) is 19.3. The first-order chi connectivity index (χ1) is 14.1. The number of carbonyl (C=O) groups is 1. The molecule has 2 heterocycles. The highest BCUT2D eigenvalue weighted by molar-refractivity contribution is 7.11. The highest BCUT2D eigenvalue weighted by atomic mass is 32.1. The van der Waals surface area contributed by atoms with Gasteiger partial charge in [0.15, 0.2) is 11.5 Å². The van der Waals surface area contributed by atoms with Crippen LogP contribution in [0, 0.1) is 5.82 Å². The van der Waals surface area contributed by atoms with Gasteiger partial charge in [-0.1, -0.05) is 18.2 Å². The van der Waals surface area contributed by atoms with Crippen molar-refractivity contribution in [3.63, 3.8) is 0 Å². The molecule has 2 aromatic carbocycles. The summed E-state index contributed by atoms with van der Waals surface area (Å²) in [7, 11) is 4.70. The standard InChI is InChI=1S/C22H20FNO4S/c1-26-17-10-19(28-3)18(27-2)8-13(17)14-9-20(25)24-21-15(11-29-22(14)21)12-6-4-5-7-16(12)23/h4-8,10-11,14H,9H2,1-3H3,(H,24,25)/t14-/m1/s1. The van der Waals surface area contributed by atoms with Crippen LogP contribution in [0.1, 0.15) is 22.8 Å². The molecule has 1 N–H and O–H groups in total. The van der Waals surface area contributed by atoms with Crippen molar-refractivity contribution >= 4 is 22.9 Å². The average Bonchev–Trinajstić information content (AvgIpc) is 3.15. The molecule has 7 heteroatoms. The van der Waals surface area contributed by atoms with Crippen molar-refractivity contribution in [2.45, 2.75) is 12.3 Å². The maximum Gasteiger partial charge on any atom is 0.225 e. The van der Waals surface area contributed by atoms with Crippen molar-refractivity contribution in [2.75, 3.05) is 26.6 Å². The number of hydrogen-bond acceptors (Lipinski definition) is 5. The highest BCUT2D eigenvalue weighted by Crippen LogP contribution is 2.50. The number of nitrogens with one attached hydrogen (secondary N) is 1. The van der Waals surface area contributed by atoms with E-state index in [1.807, 2.05) is 11.4 Å². The van der Waals surface area contributed by atoms with Crippen LogP contribution in [0.5, 0.6) is 17.2 Å². The molecule has 4 rings (SSSR count). The molecule has 0 fully saturated rings. The van der Waals surface area contributed by atoms with E-state index in [2.05, 4.69) is 5.32 Å². The van der Waals surface area contributed by atoms with Crippen LogP contribution in [0.15, 0.2) is 41.8 Å². The van der Waals surface area contributed by atoms with Crippen LogP contribution in [0.25, 0.3) is 11.1 Å². The summed E-state index contributed by atoms with van der Waals surface area (Å²) < 4.78 is 30.8. The molecule has 1 atom stereocenters. The number of rotatable bonds is 5. The van der Waals surface area contributed by atoms with Gasteiger partial charge in [0.2, 0.25) is 5.91 Å². The minimum atomic E-state index is -0.326. The summed E-state index contributed by atoms with van der Waals surface area (Å²) in [6, 6.07) is 10.2. The molecule has 0 saturated carbocycles. The first-order valence-electron chi connectivity index (χ1n) is 9.03. The number of ether oxygens (including phenoxy) is 3. The minimum absolute atomic E-state index is 0.129. The summed E-state index contributed by atoms with van der Waals surface area (Å²) in [5.41, 5.74) is 2.62. The lowest BCUT2D eigenvalue weighted by molar-refractivity contribution is -0.116. The third-order valence-electron chi connectivity index (χ3n) is 5.07. The molecule has 1 amide bonds. The maximum atomic E-state index is 14.4. The van der Waals surface area contributed by atoms with Crippen LogP contribution >= 0.6 is 11.3 Å². The first-order valence-corrected chi connectivity index (χ1v) is 9.91. The number of thiophene rings is 1. The second kappa shape index (κ2) is 7.75. The average molecular weight is 413 g/mol. The Labute approximate surface area is 172 Å². The third-order valence-corrected chi connectivity index (χ3v) is 6.16. The van der Waals surface area contributed by atoms with E-state index < -0.39 is 0 Å². The molecule has 0 unspecified atom stereocenters. The van der Waals surface area contributed by atoms with Crippen LogP contribution < -0.4 is 19.5 Å². The lowest BCUT2D eigenvalue weighted by Crippen LogP contribution is -2.23. The number of halogens is 1. The number of fused-ring (bicyclic) bond motifs is 1. The fraction of sp³-hybridized carbons (Fsp3) is 0.227. The Bertz CT molecular complexity index is 1080. The SMILES string of the molecule is COc1cc(OC)c([C@H]2CC(=O)Nc3c(-c4ccccc4F)csc32)cc1OC. The number of hydrogen-bond donors (Lipinski definition) is 1. The van der Waals surface area contributed by atoms with Gasteiger partial charge in [0.1, 0.15) is 11.6 Å². The number of anilines is 1. The normalized spacial score (nSPS) is 15.4. The van der Waals surface area contributed by atoms with Gasteiger partial charge >= 0.3 is 0 Å². The van der Waals surface area contributed by atoms with Crippen LogP contribution in [-0.4, -0.2) is 27.2 Å². The van der Waals surface area contributed by atoms with E-state index in [-0.39, 0.29) is 24.1 Å². The Hall–Kier alpha value is -3.06. The molecule has 1 aliphatic rings. The van der Waals surface area contributed by atoms with E-state index >= 15 is 0 Å². The molecule has 0 spiro atoms. The third kappa shape index (κ3) is 3.31. The van der Waals surface area contributed by atoms with Gasteiger partial charge in [-0.15, -0.1) is 11.3 Å². The van der Waals surface area contributed by atoms with Crippen LogP contribution in [0.2, 0.25) is 0 Å². The zero-order chi connectivity index (χ0) is 20.5. The van der Waals surface area contributed by atoms with E-state index in [1.165, 1.54) is 17.4 Å². The zero-order valence-electron chi connectivity index (χ0n) is 16.2. The smallest absolute Gasteiger partial charge is 0.225 e. The summed E-state index contributed by atoms with van der Waals surface area (Å²) in [5.74, 6) is 1.02. The predicted molar refractivity (Wildman–Crippen MR) is 111 cm³/mol. The van der Waals surface area contributed by atoms with Crippen LogP contribution in [0.4, 0.5) is 10.1 Å². The van der Waals surface area contributed by atoms with Gasteiger partial charge in [-0.2, -0.15) is 0 Å². The largest absolute Gasteiger partial charge is 0.496 e. The summed E-state index contributed by atoms with van der Waals surface area (Å²) in [6.45, 7) is 0. The molecular formula is C22H20FNO4S. The number of carbonyl (C=O) groups excluding carboxylic acids is 1. The van der Waals surface area contributed by atoms with Gasteiger partial charge in [0.25, 0.3) is 0 Å². The summed E-state index contributed by atoms with van der Waals surface area (Å²) >= 11 is 1.49. The van der Waals surface area contributed by atoms with Crippen molar-refractivity contribution in [3.8, 4) is 28.4 Å². The van der Waals surface area contributed by atoms with Gasteiger partial charge < -0.3 is 19.5 Å². The maximum absolute atomic E-state index is 14.4. The monoisotopic (exact) mass is 413 g/mol. The summed E-state index contributed by atoms with van der Waals surface area (Å²) in [6.07, 6.45) is 0.260. The summed E-state index contributed by atoms with van der Waals surface area (Å²) in [5, 5.41) is 4.81. The molecule has 1 aliphatic heterocycles. The predicted octanol–water partition coefficient (Wildman–Crippen LogP) is 5.05. The highest BCUT2D eigenvalue weighted by Gasteiger charge is 2.33. The fourth-order valence-corrected chi connectivity index (χ4v) is 4.82. The quantitative estimate of drug-likeness (QED) is 0.636. The van der Waals surface area contributed by atoms with E-state index in [4.69, 9.17) is 14.2 Å². The van der Waals surface area contributed by atoms with Crippen molar-refractivity contribution in [2.24, 2.45) is 0 Å². The molecule has 150 valence electrons. The summed E-state index contributed by atoms with van der Waals surface area (Å²) in [4.78, 5) is 13.5. The topological polar surface area (TPSA) is 56.8 Å². The second-order valence-corrected chi connectivity index (χ2v) is 7.53. The van der Waals surface area contributed by atoms with Crippen molar-refractivity contribution in [3.05, 3.63) is 58.0 Å². The van der Waals surface area contributed by atoms with Crippen LogP contribution in [0.3, 0.4) is 0 Å². The van der Waals surface area contributed by atoms with Gasteiger partial charge in [0, 0.05) is 45.4 Å².